The lowest BCUT2D eigenvalue weighted by Gasteiger charge is -2.51. The topological polar surface area (TPSA) is 92.4 Å². The maximum Gasteiger partial charge on any atom is 0.416 e. The van der Waals surface area contributed by atoms with Gasteiger partial charge in [-0.05, 0) is 25.2 Å². The Kier molecular flexibility index (Phi) is 6.32. The molecule has 1 fully saturated rings. The molecule has 0 bridgehead atoms. The van der Waals surface area contributed by atoms with Crippen molar-refractivity contribution in [2.75, 3.05) is 39.1 Å². The van der Waals surface area contributed by atoms with Crippen LogP contribution in [0.1, 0.15) is 11.1 Å². The number of hydrogen-bond acceptors (Lipinski definition) is 8. The average Bonchev–Trinajstić information content (AvgIpc) is 2.75. The lowest BCUT2D eigenvalue weighted by Crippen LogP contribution is -2.63. The van der Waals surface area contributed by atoms with E-state index in [0.29, 0.717) is 5.56 Å². The van der Waals surface area contributed by atoms with Crippen LogP contribution in [0.3, 0.4) is 0 Å². The number of halogens is 2. The molecular formula is C21H22F2N4O5S. The second-order valence-corrected chi connectivity index (χ2v) is 8.50. The van der Waals surface area contributed by atoms with E-state index in [1.807, 2.05) is 0 Å². The molecule has 0 unspecified atom stereocenters. The first-order valence-electron chi connectivity index (χ1n) is 9.94. The Morgan fingerprint density at radius 2 is 2.00 bits per heavy atom. The van der Waals surface area contributed by atoms with Crippen LogP contribution in [0.5, 0.6) is 11.5 Å². The SMILES string of the molecule is CNSNc1cccc(CN2C(=O)Oc3c(ccc(OC(=O)N(C)C)c3F)C23COC3)c1F. The molecule has 2 aromatic rings. The summed E-state index contributed by atoms with van der Waals surface area (Å²) in [4.78, 5) is 27.2. The largest absolute Gasteiger partial charge is 0.416 e. The van der Waals surface area contributed by atoms with Gasteiger partial charge >= 0.3 is 12.2 Å². The minimum atomic E-state index is -1.04. The van der Waals surface area contributed by atoms with Crippen molar-refractivity contribution in [3.8, 4) is 11.5 Å². The lowest BCUT2D eigenvalue weighted by atomic mass is 9.84. The zero-order valence-corrected chi connectivity index (χ0v) is 18.9. The van der Waals surface area contributed by atoms with E-state index in [1.165, 1.54) is 31.1 Å². The van der Waals surface area contributed by atoms with Crippen molar-refractivity contribution in [3.05, 3.63) is 53.1 Å². The maximum atomic E-state index is 15.1. The molecule has 0 saturated carbocycles. The molecule has 1 saturated heterocycles. The zero-order valence-electron chi connectivity index (χ0n) is 18.1. The van der Waals surface area contributed by atoms with Gasteiger partial charge < -0.3 is 23.8 Å². The normalized spacial score (nSPS) is 16.0. The first-order chi connectivity index (χ1) is 15.8. The van der Waals surface area contributed by atoms with Crippen LogP contribution in [0.25, 0.3) is 0 Å². The number of hydrogen-bond donors (Lipinski definition) is 2. The number of rotatable bonds is 6. The lowest BCUT2D eigenvalue weighted by molar-refractivity contribution is -0.143. The molecule has 2 aliphatic heterocycles. The standard InChI is InChI=1S/C21H22F2N4O5S/c1-24-33-25-14-6-4-5-12(16(14)22)9-27-20(29)32-18-13(21(27)10-30-11-21)7-8-15(17(18)23)31-19(28)26(2)3/h4-8,24-25H,9-11H2,1-3H3. The third kappa shape index (κ3) is 4.05. The summed E-state index contributed by atoms with van der Waals surface area (Å²) < 4.78 is 51.5. The van der Waals surface area contributed by atoms with E-state index in [-0.39, 0.29) is 42.5 Å². The summed E-state index contributed by atoms with van der Waals surface area (Å²) in [5, 5.41) is 0. The van der Waals surface area contributed by atoms with Crippen molar-refractivity contribution < 1.29 is 32.6 Å². The summed E-state index contributed by atoms with van der Waals surface area (Å²) >= 11 is 1.10. The molecule has 2 amide bonds. The summed E-state index contributed by atoms with van der Waals surface area (Å²) in [6.07, 6.45) is -1.64. The maximum absolute atomic E-state index is 15.1. The van der Waals surface area contributed by atoms with Crippen molar-refractivity contribution in [3.63, 3.8) is 0 Å². The quantitative estimate of drug-likeness (QED) is 0.608. The molecule has 1 spiro atoms. The predicted molar refractivity (Wildman–Crippen MR) is 117 cm³/mol. The van der Waals surface area contributed by atoms with Gasteiger partial charge in [0.05, 0.1) is 25.4 Å². The van der Waals surface area contributed by atoms with Crippen LogP contribution in [0.4, 0.5) is 24.1 Å². The molecule has 0 atom stereocenters. The number of nitrogens with zero attached hydrogens (tertiary/aromatic N) is 2. The highest BCUT2D eigenvalue weighted by Gasteiger charge is 2.54. The van der Waals surface area contributed by atoms with Gasteiger partial charge in [-0.25, -0.2) is 18.7 Å². The number of carbonyl (C=O) groups is 2. The number of amides is 2. The second-order valence-electron chi connectivity index (χ2n) is 7.68. The van der Waals surface area contributed by atoms with E-state index < -0.39 is 29.4 Å². The van der Waals surface area contributed by atoms with Gasteiger partial charge in [0.1, 0.15) is 5.54 Å². The predicted octanol–water partition coefficient (Wildman–Crippen LogP) is 3.46. The van der Waals surface area contributed by atoms with Crippen molar-refractivity contribution in [2.45, 2.75) is 12.1 Å². The summed E-state index contributed by atoms with van der Waals surface area (Å²) in [6, 6.07) is 7.62. The second kappa shape index (κ2) is 9.04. The Bertz CT molecular complexity index is 1100. The van der Waals surface area contributed by atoms with Crippen LogP contribution in [0, 0.1) is 11.6 Å². The molecule has 0 aromatic heterocycles. The highest BCUT2D eigenvalue weighted by Crippen LogP contribution is 2.48. The van der Waals surface area contributed by atoms with Gasteiger partial charge in [-0.2, -0.15) is 4.39 Å². The molecule has 176 valence electrons. The van der Waals surface area contributed by atoms with Crippen LogP contribution in [0.15, 0.2) is 30.3 Å². The molecular weight excluding hydrogens is 458 g/mol. The molecule has 2 aliphatic rings. The Balaban J connectivity index is 1.67. The molecule has 12 heteroatoms. The summed E-state index contributed by atoms with van der Waals surface area (Å²) in [5.41, 5.74) is -0.184. The van der Waals surface area contributed by atoms with Crippen LogP contribution >= 0.6 is 12.1 Å². The Morgan fingerprint density at radius 3 is 2.64 bits per heavy atom. The van der Waals surface area contributed by atoms with Crippen molar-refractivity contribution in [1.29, 1.82) is 0 Å². The minimum Gasteiger partial charge on any atom is -0.407 e. The summed E-state index contributed by atoms with van der Waals surface area (Å²) in [5.74, 6) is -2.18. The van der Waals surface area contributed by atoms with Crippen molar-refractivity contribution in [2.24, 2.45) is 0 Å². The van der Waals surface area contributed by atoms with Gasteiger partial charge in [-0.15, -0.1) is 0 Å². The highest BCUT2D eigenvalue weighted by molar-refractivity contribution is 7.98. The molecule has 2 heterocycles. The van der Waals surface area contributed by atoms with Crippen molar-refractivity contribution >= 4 is 30.0 Å². The van der Waals surface area contributed by atoms with E-state index >= 15 is 8.78 Å². The monoisotopic (exact) mass is 480 g/mol. The van der Waals surface area contributed by atoms with Crippen LogP contribution in [0.2, 0.25) is 0 Å². The molecule has 0 radical (unpaired) electrons. The fourth-order valence-corrected chi connectivity index (χ4v) is 3.98. The Labute approximate surface area is 193 Å². The fraction of sp³-hybridized carbons (Fsp3) is 0.333. The Morgan fingerprint density at radius 1 is 1.24 bits per heavy atom. The summed E-state index contributed by atoms with van der Waals surface area (Å²) in [6.45, 7) is 0.0489. The molecule has 4 rings (SSSR count). The van der Waals surface area contributed by atoms with Gasteiger partial charge in [0.15, 0.2) is 17.3 Å². The number of ether oxygens (including phenoxy) is 3. The van der Waals surface area contributed by atoms with Gasteiger partial charge in [0, 0.05) is 37.4 Å². The number of nitrogens with one attached hydrogen (secondary N) is 2. The van der Waals surface area contributed by atoms with Gasteiger partial charge in [0.25, 0.3) is 0 Å². The number of benzene rings is 2. The van der Waals surface area contributed by atoms with Crippen LogP contribution in [-0.4, -0.2) is 56.3 Å². The number of anilines is 1. The zero-order chi connectivity index (χ0) is 23.8. The fourth-order valence-electron chi connectivity index (χ4n) is 3.61. The minimum absolute atomic E-state index is 0.0839. The smallest absolute Gasteiger partial charge is 0.407 e. The molecule has 33 heavy (non-hydrogen) atoms. The molecule has 0 aliphatic carbocycles. The number of fused-ring (bicyclic) bond motifs is 2. The van der Waals surface area contributed by atoms with Crippen LogP contribution < -0.4 is 18.9 Å². The van der Waals surface area contributed by atoms with Crippen LogP contribution in [-0.2, 0) is 16.8 Å². The van der Waals surface area contributed by atoms with E-state index in [1.54, 1.807) is 25.2 Å². The summed E-state index contributed by atoms with van der Waals surface area (Å²) in [7, 11) is 4.60. The third-order valence-corrected chi connectivity index (χ3v) is 5.93. The van der Waals surface area contributed by atoms with E-state index in [9.17, 15) is 9.59 Å². The number of carbonyl (C=O) groups excluding carboxylic acids is 2. The molecule has 2 aromatic carbocycles. The van der Waals surface area contributed by atoms with Gasteiger partial charge in [-0.3, -0.25) is 4.90 Å². The van der Waals surface area contributed by atoms with Gasteiger partial charge in [-0.1, -0.05) is 12.1 Å². The van der Waals surface area contributed by atoms with E-state index in [0.717, 1.165) is 17.0 Å². The Hall–Kier alpha value is -3.09. The molecule has 9 nitrogen and oxygen atoms in total. The highest BCUT2D eigenvalue weighted by atomic mass is 32.2. The van der Waals surface area contributed by atoms with E-state index in [4.69, 9.17) is 14.2 Å². The average molecular weight is 480 g/mol. The molecule has 2 N–H and O–H groups in total. The first-order valence-corrected chi connectivity index (χ1v) is 10.8. The van der Waals surface area contributed by atoms with Gasteiger partial charge in [0.2, 0.25) is 5.82 Å². The van der Waals surface area contributed by atoms with Crippen molar-refractivity contribution in [1.82, 2.24) is 14.5 Å². The third-order valence-electron chi connectivity index (χ3n) is 5.40. The van der Waals surface area contributed by atoms with E-state index in [2.05, 4.69) is 9.44 Å². The first kappa shape index (κ1) is 23.1.